The maximum Gasteiger partial charge on any atom is 0.258 e. The average molecular weight is 276 g/mol. The quantitative estimate of drug-likeness (QED) is 0.703. The first-order valence-electron chi connectivity index (χ1n) is 6.16. The smallest absolute Gasteiger partial charge is 0.258 e. The van der Waals surface area contributed by atoms with Crippen LogP contribution in [0.5, 0.6) is 11.5 Å². The van der Waals surface area contributed by atoms with Gasteiger partial charge in [0.1, 0.15) is 26.3 Å². The van der Waals surface area contributed by atoms with Crippen LogP contribution in [0, 0.1) is 0 Å². The van der Waals surface area contributed by atoms with E-state index in [1.807, 2.05) is 0 Å². The van der Waals surface area contributed by atoms with E-state index in [9.17, 15) is 14.4 Å². The first-order valence-corrected chi connectivity index (χ1v) is 6.16. The second-order valence-electron chi connectivity index (χ2n) is 4.46. The number of imide groups is 1. The van der Waals surface area contributed by atoms with Crippen molar-refractivity contribution in [2.24, 2.45) is 0 Å². The van der Waals surface area contributed by atoms with Gasteiger partial charge in [0.05, 0.1) is 5.56 Å². The molecule has 2 heterocycles. The normalized spacial score (nSPS) is 17.7. The van der Waals surface area contributed by atoms with Crippen LogP contribution >= 0.6 is 0 Å². The topological polar surface area (TPSA) is 84.9 Å². The second-order valence-corrected chi connectivity index (χ2v) is 4.46. The van der Waals surface area contributed by atoms with E-state index in [2.05, 4.69) is 5.32 Å². The molecule has 3 rings (SSSR count). The van der Waals surface area contributed by atoms with Gasteiger partial charge in [-0.15, -0.1) is 0 Å². The van der Waals surface area contributed by atoms with E-state index in [4.69, 9.17) is 9.47 Å². The van der Waals surface area contributed by atoms with E-state index in [1.54, 1.807) is 18.2 Å². The Labute approximate surface area is 114 Å². The van der Waals surface area contributed by atoms with Crippen LogP contribution in [0.1, 0.15) is 10.4 Å². The number of carbonyl (C=O) groups excluding carboxylic acids is 3. The minimum Gasteiger partial charge on any atom is -0.486 e. The van der Waals surface area contributed by atoms with E-state index in [-0.39, 0.29) is 13.1 Å². The molecule has 3 amide bonds. The Morgan fingerprint density at radius 1 is 1.10 bits per heavy atom. The molecule has 1 aromatic carbocycles. The maximum absolute atomic E-state index is 12.4. The van der Waals surface area contributed by atoms with Crippen molar-refractivity contribution in [3.05, 3.63) is 23.8 Å². The van der Waals surface area contributed by atoms with Crippen LogP contribution in [0.3, 0.4) is 0 Å². The van der Waals surface area contributed by atoms with Crippen LogP contribution in [0.15, 0.2) is 18.2 Å². The van der Waals surface area contributed by atoms with Gasteiger partial charge in [0, 0.05) is 0 Å². The molecule has 0 aromatic heterocycles. The van der Waals surface area contributed by atoms with Crippen LogP contribution in [-0.4, -0.2) is 48.9 Å². The molecule has 0 aliphatic carbocycles. The van der Waals surface area contributed by atoms with Gasteiger partial charge in [0.15, 0.2) is 11.5 Å². The Hall–Kier alpha value is -2.57. The summed E-state index contributed by atoms with van der Waals surface area (Å²) in [5.41, 5.74) is 0.296. The Morgan fingerprint density at radius 3 is 2.55 bits per heavy atom. The molecule has 104 valence electrons. The number of hydrogen-bond donors (Lipinski definition) is 1. The standard InChI is InChI=1S/C13H12N2O5/c16-10-6-15(7-11(17)14-10)13(18)8-2-1-3-9-12(8)20-5-4-19-9/h1-3H,4-7H2,(H,14,16,17). The number of para-hydroxylation sites is 1. The van der Waals surface area contributed by atoms with Crippen molar-refractivity contribution in [2.75, 3.05) is 26.3 Å². The monoisotopic (exact) mass is 276 g/mol. The van der Waals surface area contributed by atoms with Gasteiger partial charge in [-0.2, -0.15) is 0 Å². The highest BCUT2D eigenvalue weighted by atomic mass is 16.6. The number of carbonyl (C=O) groups is 3. The number of nitrogens with zero attached hydrogens (tertiary/aromatic N) is 1. The molecule has 2 aliphatic heterocycles. The average Bonchev–Trinajstić information content (AvgIpc) is 2.45. The zero-order valence-corrected chi connectivity index (χ0v) is 10.5. The summed E-state index contributed by atoms with van der Waals surface area (Å²) < 4.78 is 10.9. The second kappa shape index (κ2) is 4.84. The summed E-state index contributed by atoms with van der Waals surface area (Å²) in [6, 6.07) is 4.97. The number of piperazine rings is 1. The van der Waals surface area contributed by atoms with Gasteiger partial charge in [-0.25, -0.2) is 0 Å². The molecule has 1 saturated heterocycles. The van der Waals surface area contributed by atoms with Crippen LogP contribution in [0.4, 0.5) is 0 Å². The van der Waals surface area contributed by atoms with Crippen LogP contribution in [-0.2, 0) is 9.59 Å². The molecule has 7 heteroatoms. The summed E-state index contributed by atoms with van der Waals surface area (Å²) in [5.74, 6) is -0.541. The number of ether oxygens (including phenoxy) is 2. The Bertz CT molecular complexity index is 582. The lowest BCUT2D eigenvalue weighted by atomic mass is 10.1. The van der Waals surface area contributed by atoms with Crippen molar-refractivity contribution in [3.8, 4) is 11.5 Å². The number of hydrogen-bond acceptors (Lipinski definition) is 5. The molecule has 7 nitrogen and oxygen atoms in total. The number of nitrogens with one attached hydrogen (secondary N) is 1. The van der Waals surface area contributed by atoms with E-state index < -0.39 is 17.7 Å². The molecule has 20 heavy (non-hydrogen) atoms. The Balaban J connectivity index is 1.91. The minimum atomic E-state index is -0.489. The number of amides is 3. The summed E-state index contributed by atoms with van der Waals surface area (Å²) >= 11 is 0. The lowest BCUT2D eigenvalue weighted by Gasteiger charge is -2.27. The number of rotatable bonds is 1. The van der Waals surface area contributed by atoms with Gasteiger partial charge in [-0.05, 0) is 12.1 Å². The molecule has 0 atom stereocenters. The maximum atomic E-state index is 12.4. The fourth-order valence-electron chi connectivity index (χ4n) is 2.19. The molecule has 1 aromatic rings. The fourth-order valence-corrected chi connectivity index (χ4v) is 2.19. The third-order valence-electron chi connectivity index (χ3n) is 3.03. The van der Waals surface area contributed by atoms with E-state index in [1.165, 1.54) is 4.90 Å². The summed E-state index contributed by atoms with van der Waals surface area (Å²) in [6.45, 7) is 0.496. The molecule has 0 radical (unpaired) electrons. The van der Waals surface area contributed by atoms with Crippen molar-refractivity contribution >= 4 is 17.7 Å². The first-order chi connectivity index (χ1) is 9.65. The SMILES string of the molecule is O=C1CN(C(=O)c2cccc3c2OCCO3)CC(=O)N1. The van der Waals surface area contributed by atoms with Gasteiger partial charge in [0.25, 0.3) is 5.91 Å². The zero-order valence-electron chi connectivity index (χ0n) is 10.5. The fraction of sp³-hybridized carbons (Fsp3) is 0.308. The van der Waals surface area contributed by atoms with Gasteiger partial charge >= 0.3 is 0 Å². The van der Waals surface area contributed by atoms with Crippen molar-refractivity contribution in [3.63, 3.8) is 0 Å². The first kappa shape index (κ1) is 12.5. The highest BCUT2D eigenvalue weighted by molar-refractivity contribution is 6.06. The van der Waals surface area contributed by atoms with Crippen molar-refractivity contribution in [1.82, 2.24) is 10.2 Å². The third kappa shape index (κ3) is 2.18. The Kier molecular flexibility index (Phi) is 3.02. The highest BCUT2D eigenvalue weighted by Crippen LogP contribution is 2.34. The van der Waals surface area contributed by atoms with Crippen molar-refractivity contribution < 1.29 is 23.9 Å². The minimum absolute atomic E-state index is 0.144. The number of fused-ring (bicyclic) bond motifs is 1. The zero-order chi connectivity index (χ0) is 14.1. The molecule has 1 N–H and O–H groups in total. The summed E-state index contributed by atoms with van der Waals surface area (Å²) in [5, 5.41) is 2.15. The van der Waals surface area contributed by atoms with Gasteiger partial charge in [-0.3, -0.25) is 19.7 Å². The third-order valence-corrected chi connectivity index (χ3v) is 3.03. The predicted octanol–water partition coefficient (Wildman–Crippen LogP) is -0.444. The molecule has 0 bridgehead atoms. The van der Waals surface area contributed by atoms with Gasteiger partial charge in [-0.1, -0.05) is 6.07 Å². The number of benzene rings is 1. The summed E-state index contributed by atoms with van der Waals surface area (Å²) in [7, 11) is 0. The predicted molar refractivity (Wildman–Crippen MR) is 66.5 cm³/mol. The summed E-state index contributed by atoms with van der Waals surface area (Å²) in [4.78, 5) is 36.3. The highest BCUT2D eigenvalue weighted by Gasteiger charge is 2.30. The molecule has 0 saturated carbocycles. The Morgan fingerprint density at radius 2 is 1.80 bits per heavy atom. The van der Waals surface area contributed by atoms with Crippen LogP contribution < -0.4 is 14.8 Å². The summed E-state index contributed by atoms with van der Waals surface area (Å²) in [6.07, 6.45) is 0. The van der Waals surface area contributed by atoms with E-state index >= 15 is 0 Å². The van der Waals surface area contributed by atoms with Crippen LogP contribution in [0.2, 0.25) is 0 Å². The van der Waals surface area contributed by atoms with Crippen molar-refractivity contribution in [2.45, 2.75) is 0 Å². The van der Waals surface area contributed by atoms with Gasteiger partial charge < -0.3 is 14.4 Å². The molecule has 1 fully saturated rings. The van der Waals surface area contributed by atoms with Gasteiger partial charge in [0.2, 0.25) is 11.8 Å². The van der Waals surface area contributed by atoms with E-state index in [0.717, 1.165) is 0 Å². The lowest BCUT2D eigenvalue weighted by molar-refractivity contribution is -0.135. The molecular weight excluding hydrogens is 264 g/mol. The van der Waals surface area contributed by atoms with Crippen LogP contribution in [0.25, 0.3) is 0 Å². The van der Waals surface area contributed by atoms with Crippen molar-refractivity contribution in [1.29, 1.82) is 0 Å². The largest absolute Gasteiger partial charge is 0.486 e. The molecule has 0 unspecified atom stereocenters. The molecule has 0 spiro atoms. The molecule has 2 aliphatic rings. The van der Waals surface area contributed by atoms with E-state index in [0.29, 0.717) is 30.3 Å². The lowest BCUT2D eigenvalue weighted by Crippen LogP contribution is -2.53. The molecular formula is C13H12N2O5.